The quantitative estimate of drug-likeness (QED) is 0.368. The summed E-state index contributed by atoms with van der Waals surface area (Å²) in [5.74, 6) is -0.912. The molecule has 8 heteroatoms. The molecule has 2 heterocycles. The Labute approximate surface area is 256 Å². The zero-order valence-electron chi connectivity index (χ0n) is 27.2. The number of hydrogen-bond donors (Lipinski definition) is 0. The van der Waals surface area contributed by atoms with Gasteiger partial charge in [-0.25, -0.2) is 0 Å². The summed E-state index contributed by atoms with van der Waals surface area (Å²) in [4.78, 5) is 52.7. The number of nitrogens with zero attached hydrogens (tertiary/aromatic N) is 2. The van der Waals surface area contributed by atoms with Gasteiger partial charge in [-0.15, -0.1) is 0 Å². The van der Waals surface area contributed by atoms with Crippen LogP contribution in [0.15, 0.2) is 60.7 Å². The van der Waals surface area contributed by atoms with E-state index < -0.39 is 16.6 Å². The maximum absolute atomic E-state index is 12.4. The Morgan fingerprint density at radius 1 is 0.767 bits per heavy atom. The molecular formula is C35H48N2O6. The van der Waals surface area contributed by atoms with Crippen molar-refractivity contribution in [1.82, 2.24) is 9.80 Å². The lowest BCUT2D eigenvalue weighted by molar-refractivity contribution is -0.166. The summed E-state index contributed by atoms with van der Waals surface area (Å²) in [6.45, 7) is 17.7. The first kappa shape index (κ1) is 33.8. The second-order valence-electron chi connectivity index (χ2n) is 13.9. The van der Waals surface area contributed by atoms with Crippen molar-refractivity contribution in [2.45, 2.75) is 98.4 Å². The van der Waals surface area contributed by atoms with Gasteiger partial charge in [0.1, 0.15) is 11.2 Å². The van der Waals surface area contributed by atoms with Gasteiger partial charge in [0.25, 0.3) is 0 Å². The van der Waals surface area contributed by atoms with Crippen LogP contribution < -0.4 is 0 Å². The Morgan fingerprint density at radius 2 is 1.23 bits per heavy atom. The molecule has 234 valence electrons. The number of amides is 2. The van der Waals surface area contributed by atoms with Crippen LogP contribution in [0.1, 0.15) is 98.4 Å². The van der Waals surface area contributed by atoms with Crippen LogP contribution in [-0.2, 0) is 28.7 Å². The van der Waals surface area contributed by atoms with E-state index in [0.717, 1.165) is 11.1 Å². The topological polar surface area (TPSA) is 93.2 Å². The summed E-state index contributed by atoms with van der Waals surface area (Å²) >= 11 is 0. The predicted octanol–water partition coefficient (Wildman–Crippen LogP) is 6.27. The molecule has 1 unspecified atom stereocenters. The summed E-state index contributed by atoms with van der Waals surface area (Å²) in [5, 5.41) is 0. The molecule has 2 amide bonds. The third kappa shape index (κ3) is 9.15. The fraction of sp³-hybridized carbons (Fsp3) is 0.543. The number of ether oxygens (including phenoxy) is 2. The Morgan fingerprint density at radius 3 is 1.70 bits per heavy atom. The maximum atomic E-state index is 12.4. The van der Waals surface area contributed by atoms with Gasteiger partial charge in [0.15, 0.2) is 0 Å². The van der Waals surface area contributed by atoms with Gasteiger partial charge in [0.05, 0.1) is 23.4 Å². The van der Waals surface area contributed by atoms with Crippen molar-refractivity contribution < 1.29 is 28.7 Å². The van der Waals surface area contributed by atoms with E-state index in [4.69, 9.17) is 9.47 Å². The molecule has 2 aromatic carbocycles. The van der Waals surface area contributed by atoms with E-state index in [0.29, 0.717) is 13.1 Å². The summed E-state index contributed by atoms with van der Waals surface area (Å²) < 4.78 is 10.9. The molecule has 4 atom stereocenters. The highest BCUT2D eigenvalue weighted by Gasteiger charge is 2.48. The van der Waals surface area contributed by atoms with Crippen molar-refractivity contribution in [2.75, 3.05) is 13.1 Å². The zero-order chi connectivity index (χ0) is 32.2. The fourth-order valence-electron chi connectivity index (χ4n) is 5.32. The largest absolute Gasteiger partial charge is 0.460 e. The molecule has 2 aliphatic rings. The first-order chi connectivity index (χ1) is 19.9. The van der Waals surface area contributed by atoms with E-state index in [1.807, 2.05) is 123 Å². The van der Waals surface area contributed by atoms with Crippen molar-refractivity contribution in [2.24, 2.45) is 11.3 Å². The molecule has 2 saturated heterocycles. The van der Waals surface area contributed by atoms with E-state index in [-0.39, 0.29) is 54.6 Å². The SMILES string of the molecule is C[C@H](c1ccccc1)N1CC(C(=O)OC(C)(C)C)CC1=O.C[C@H](c1ccccc1)N1C[C@@](C)(C(=O)OC(C)(C)C)CC1=O. The van der Waals surface area contributed by atoms with Crippen LogP contribution in [0.5, 0.6) is 0 Å². The average Bonchev–Trinajstić information content (AvgIpc) is 3.47. The van der Waals surface area contributed by atoms with Crippen LogP contribution in [0.25, 0.3) is 0 Å². The first-order valence-corrected chi connectivity index (χ1v) is 15.1. The molecule has 8 nitrogen and oxygen atoms in total. The second-order valence-corrected chi connectivity index (χ2v) is 13.9. The Balaban J connectivity index is 0.000000236. The fourth-order valence-corrected chi connectivity index (χ4v) is 5.32. The highest BCUT2D eigenvalue weighted by molar-refractivity contribution is 5.90. The molecule has 4 rings (SSSR count). The summed E-state index contributed by atoms with van der Waals surface area (Å²) in [7, 11) is 0. The molecule has 0 aliphatic carbocycles. The predicted molar refractivity (Wildman–Crippen MR) is 166 cm³/mol. The van der Waals surface area contributed by atoms with Crippen molar-refractivity contribution in [3.05, 3.63) is 71.8 Å². The Kier molecular flexibility index (Phi) is 10.5. The third-order valence-corrected chi connectivity index (χ3v) is 7.67. The number of hydrogen-bond acceptors (Lipinski definition) is 6. The van der Waals surface area contributed by atoms with E-state index in [1.54, 1.807) is 9.80 Å². The molecule has 0 bridgehead atoms. The van der Waals surface area contributed by atoms with Crippen molar-refractivity contribution in [3.8, 4) is 0 Å². The van der Waals surface area contributed by atoms with E-state index >= 15 is 0 Å². The van der Waals surface area contributed by atoms with Crippen molar-refractivity contribution in [3.63, 3.8) is 0 Å². The van der Waals surface area contributed by atoms with Crippen LogP contribution >= 0.6 is 0 Å². The lowest BCUT2D eigenvalue weighted by atomic mass is 9.89. The van der Waals surface area contributed by atoms with Crippen LogP contribution in [0.2, 0.25) is 0 Å². The summed E-state index contributed by atoms with van der Waals surface area (Å²) in [6.07, 6.45) is 0.450. The normalized spacial score (nSPS) is 22.0. The lowest BCUT2D eigenvalue weighted by Crippen LogP contribution is -2.38. The molecular weight excluding hydrogens is 544 g/mol. The Bertz CT molecular complexity index is 1280. The van der Waals surface area contributed by atoms with Gasteiger partial charge in [-0.3, -0.25) is 19.2 Å². The van der Waals surface area contributed by atoms with E-state index in [9.17, 15) is 19.2 Å². The minimum absolute atomic E-state index is 0.00436. The van der Waals surface area contributed by atoms with Crippen molar-refractivity contribution in [1.29, 1.82) is 0 Å². The van der Waals surface area contributed by atoms with Gasteiger partial charge in [-0.2, -0.15) is 0 Å². The van der Waals surface area contributed by atoms with Gasteiger partial charge >= 0.3 is 11.9 Å². The highest BCUT2D eigenvalue weighted by atomic mass is 16.6. The summed E-state index contributed by atoms with van der Waals surface area (Å²) in [5.41, 5.74) is 0.327. The Hall–Kier alpha value is -3.68. The maximum Gasteiger partial charge on any atom is 0.314 e. The molecule has 2 aromatic rings. The van der Waals surface area contributed by atoms with Crippen LogP contribution in [0.3, 0.4) is 0 Å². The second kappa shape index (κ2) is 13.3. The van der Waals surface area contributed by atoms with Gasteiger partial charge < -0.3 is 19.3 Å². The lowest BCUT2D eigenvalue weighted by Gasteiger charge is -2.29. The average molecular weight is 593 g/mol. The van der Waals surface area contributed by atoms with Crippen LogP contribution in [0.4, 0.5) is 0 Å². The number of benzene rings is 2. The van der Waals surface area contributed by atoms with Gasteiger partial charge in [0.2, 0.25) is 11.8 Å². The molecule has 2 aliphatic heterocycles. The van der Waals surface area contributed by atoms with Crippen LogP contribution in [-0.4, -0.2) is 57.8 Å². The molecule has 43 heavy (non-hydrogen) atoms. The van der Waals surface area contributed by atoms with E-state index in [1.165, 1.54) is 0 Å². The number of likely N-dealkylation sites (tertiary alicyclic amines) is 2. The van der Waals surface area contributed by atoms with Gasteiger partial charge in [-0.05, 0) is 73.4 Å². The number of carbonyl (C=O) groups excluding carboxylic acids is 4. The molecule has 0 aromatic heterocycles. The monoisotopic (exact) mass is 592 g/mol. The number of rotatable bonds is 6. The summed E-state index contributed by atoms with van der Waals surface area (Å²) in [6, 6.07) is 19.7. The first-order valence-electron chi connectivity index (χ1n) is 15.1. The standard InChI is InChI=1S/C18H25NO3.C17H23NO3/c1-13(14-9-7-6-8-10-14)19-12-18(5,11-15(19)20)16(21)22-17(2,3)4;1-12(13-8-6-5-7-9-13)18-11-14(10-15(18)19)16(20)21-17(2,3)4/h6-10,13H,11-12H2,1-5H3;5-9,12,14H,10-11H2,1-4H3/t13-,18+;12-,14?/m11/s1. The molecule has 0 spiro atoms. The van der Waals surface area contributed by atoms with Crippen LogP contribution in [0, 0.1) is 11.3 Å². The van der Waals surface area contributed by atoms with Crippen molar-refractivity contribution >= 4 is 23.8 Å². The van der Waals surface area contributed by atoms with Gasteiger partial charge in [0, 0.05) is 25.9 Å². The number of esters is 2. The molecule has 0 radical (unpaired) electrons. The molecule has 2 fully saturated rings. The minimum Gasteiger partial charge on any atom is -0.460 e. The molecule has 0 saturated carbocycles. The third-order valence-electron chi connectivity index (χ3n) is 7.67. The minimum atomic E-state index is -0.770. The van der Waals surface area contributed by atoms with Gasteiger partial charge in [-0.1, -0.05) is 60.7 Å². The molecule has 0 N–H and O–H groups in total. The zero-order valence-corrected chi connectivity index (χ0v) is 27.2. The number of carbonyl (C=O) groups is 4. The smallest absolute Gasteiger partial charge is 0.314 e. The van der Waals surface area contributed by atoms with E-state index in [2.05, 4.69) is 0 Å². The highest BCUT2D eigenvalue weighted by Crippen LogP contribution is 2.38.